The van der Waals surface area contributed by atoms with Crippen molar-refractivity contribution in [2.45, 2.75) is 6.92 Å². The molecule has 302 valence electrons. The second kappa shape index (κ2) is 15.1. The zero-order chi connectivity index (χ0) is 42.7. The van der Waals surface area contributed by atoms with Crippen molar-refractivity contribution in [1.82, 2.24) is 19.5 Å². The standard InChI is InChI=1S/C58H38N4O2/c1-3-4-6-17-36(2)37-32-34-38(35-33-37)56-59-57(46-26-15-30-50-52(46)44-21-10-12-29-49(44)63-50)61-58(60-56)47-27-16-31-51-53(47)45-25-14-24-43(55(45)64-51)42-23-13-22-41-40-20-9-11-28-48(40)62(54(41)42)39-18-7-5-8-19-39/h3-35H,2H2,1H3/b4-3-,17-6-. The normalized spacial score (nSPS) is 12.1. The first-order valence-electron chi connectivity index (χ1n) is 21.4. The summed E-state index contributed by atoms with van der Waals surface area (Å²) in [5, 5.41) is 6.25. The molecule has 0 bridgehead atoms. The number of fused-ring (bicyclic) bond motifs is 9. The minimum atomic E-state index is 0.539. The van der Waals surface area contributed by atoms with Crippen molar-refractivity contribution in [2.75, 3.05) is 0 Å². The van der Waals surface area contributed by atoms with E-state index in [4.69, 9.17) is 23.8 Å². The fraction of sp³-hybridized carbons (Fsp3) is 0.0172. The Bertz CT molecular complexity index is 3870. The first kappa shape index (κ1) is 37.2. The van der Waals surface area contributed by atoms with Crippen LogP contribution in [0.2, 0.25) is 0 Å². The fourth-order valence-electron chi connectivity index (χ4n) is 9.25. The summed E-state index contributed by atoms with van der Waals surface area (Å²) in [5.41, 5.74) is 13.1. The minimum absolute atomic E-state index is 0.539. The molecule has 0 aliphatic carbocycles. The summed E-state index contributed by atoms with van der Waals surface area (Å²) < 4.78 is 15.7. The van der Waals surface area contributed by atoms with Gasteiger partial charge >= 0.3 is 0 Å². The van der Waals surface area contributed by atoms with Crippen molar-refractivity contribution in [3.05, 3.63) is 212 Å². The lowest BCUT2D eigenvalue weighted by Crippen LogP contribution is -2.01. The van der Waals surface area contributed by atoms with E-state index < -0.39 is 0 Å². The molecule has 0 unspecified atom stereocenters. The molecule has 6 heteroatoms. The molecule has 0 aliphatic heterocycles. The van der Waals surface area contributed by atoms with Gasteiger partial charge in [0.1, 0.15) is 22.3 Å². The van der Waals surface area contributed by atoms with Gasteiger partial charge in [-0.1, -0.05) is 170 Å². The third-order valence-electron chi connectivity index (χ3n) is 12.2. The number of aromatic nitrogens is 4. The summed E-state index contributed by atoms with van der Waals surface area (Å²) in [6.45, 7) is 6.29. The number of rotatable bonds is 8. The molecule has 0 fully saturated rings. The molecular weight excluding hydrogens is 785 g/mol. The van der Waals surface area contributed by atoms with Crippen molar-refractivity contribution in [1.29, 1.82) is 0 Å². The van der Waals surface area contributed by atoms with Crippen LogP contribution in [0.5, 0.6) is 0 Å². The molecule has 6 nitrogen and oxygen atoms in total. The van der Waals surface area contributed by atoms with Gasteiger partial charge in [0.2, 0.25) is 0 Å². The van der Waals surface area contributed by atoms with E-state index in [1.165, 1.54) is 10.8 Å². The van der Waals surface area contributed by atoms with Gasteiger partial charge in [-0.15, -0.1) is 0 Å². The Morgan fingerprint density at radius 3 is 1.83 bits per heavy atom. The van der Waals surface area contributed by atoms with E-state index in [1.807, 2.05) is 73.7 Å². The van der Waals surface area contributed by atoms with Gasteiger partial charge in [-0.3, -0.25) is 0 Å². The van der Waals surface area contributed by atoms with Crippen molar-refractivity contribution in [2.24, 2.45) is 0 Å². The SMILES string of the molecule is C=C(/C=C\C=C/C)c1ccc(-c2nc(-c3cccc4oc5ccccc5c34)nc(-c3cccc4oc5c(-c6cccc7c8ccccc8n(-c8ccccc8)c67)cccc5c34)n2)cc1. The summed E-state index contributed by atoms with van der Waals surface area (Å²) >= 11 is 0. The molecule has 0 saturated heterocycles. The molecule has 0 saturated carbocycles. The van der Waals surface area contributed by atoms with E-state index in [-0.39, 0.29) is 0 Å². The van der Waals surface area contributed by atoms with E-state index in [9.17, 15) is 0 Å². The molecule has 0 aliphatic rings. The van der Waals surface area contributed by atoms with Crippen LogP contribution in [0.15, 0.2) is 216 Å². The van der Waals surface area contributed by atoms with Gasteiger partial charge in [0.15, 0.2) is 17.5 Å². The van der Waals surface area contributed by atoms with E-state index >= 15 is 0 Å². The van der Waals surface area contributed by atoms with Crippen LogP contribution >= 0.6 is 0 Å². The molecule has 0 amide bonds. The Morgan fingerprint density at radius 2 is 1.06 bits per heavy atom. The van der Waals surface area contributed by atoms with E-state index in [2.05, 4.69) is 145 Å². The molecular formula is C58H38N4O2. The molecule has 12 rings (SSSR count). The molecule has 4 aromatic heterocycles. The van der Waals surface area contributed by atoms with Crippen molar-refractivity contribution in [3.63, 3.8) is 0 Å². The van der Waals surface area contributed by atoms with Gasteiger partial charge in [-0.25, -0.2) is 15.0 Å². The lowest BCUT2D eigenvalue weighted by Gasteiger charge is -2.12. The summed E-state index contributed by atoms with van der Waals surface area (Å²) in [6, 6.07) is 60.7. The summed E-state index contributed by atoms with van der Waals surface area (Å²) in [4.78, 5) is 15.8. The number of nitrogens with zero attached hydrogens (tertiary/aromatic N) is 4. The van der Waals surface area contributed by atoms with E-state index in [0.29, 0.717) is 17.5 Å². The van der Waals surface area contributed by atoms with E-state index in [1.54, 1.807) is 0 Å². The Balaban J connectivity index is 1.08. The van der Waals surface area contributed by atoms with Crippen LogP contribution in [0, 0.1) is 0 Å². The maximum absolute atomic E-state index is 6.95. The molecule has 12 aromatic rings. The highest BCUT2D eigenvalue weighted by atomic mass is 16.3. The van der Waals surface area contributed by atoms with Crippen LogP contribution in [0.1, 0.15) is 12.5 Å². The molecule has 8 aromatic carbocycles. The number of hydrogen-bond donors (Lipinski definition) is 0. The minimum Gasteiger partial charge on any atom is -0.456 e. The monoisotopic (exact) mass is 822 g/mol. The topological polar surface area (TPSA) is 69.9 Å². The Morgan fingerprint density at radius 1 is 0.484 bits per heavy atom. The van der Waals surface area contributed by atoms with Crippen LogP contribution in [0.25, 0.3) is 122 Å². The van der Waals surface area contributed by atoms with Crippen LogP contribution in [-0.2, 0) is 0 Å². The average molecular weight is 823 g/mol. The Labute approximate surface area is 368 Å². The van der Waals surface area contributed by atoms with Gasteiger partial charge in [0.25, 0.3) is 0 Å². The quantitative estimate of drug-likeness (QED) is 0.143. The number of furan rings is 2. The van der Waals surface area contributed by atoms with Crippen LogP contribution in [-0.4, -0.2) is 19.5 Å². The highest BCUT2D eigenvalue weighted by molar-refractivity contribution is 6.19. The summed E-state index contributed by atoms with van der Waals surface area (Å²) in [5.74, 6) is 1.64. The van der Waals surface area contributed by atoms with E-state index in [0.717, 1.165) is 99.6 Å². The molecule has 4 heterocycles. The lowest BCUT2D eigenvalue weighted by molar-refractivity contribution is 0.669. The predicted octanol–water partition coefficient (Wildman–Crippen LogP) is 15.6. The molecule has 0 atom stereocenters. The largest absolute Gasteiger partial charge is 0.456 e. The van der Waals surface area contributed by atoms with Crippen LogP contribution < -0.4 is 0 Å². The molecule has 0 spiro atoms. The third kappa shape index (κ3) is 5.99. The highest BCUT2D eigenvalue weighted by Gasteiger charge is 2.23. The first-order valence-corrected chi connectivity index (χ1v) is 21.4. The summed E-state index contributed by atoms with van der Waals surface area (Å²) in [7, 11) is 0. The Kier molecular flexibility index (Phi) is 8.76. The summed E-state index contributed by atoms with van der Waals surface area (Å²) in [6.07, 6.45) is 7.99. The second-order valence-electron chi connectivity index (χ2n) is 15.9. The van der Waals surface area contributed by atoms with Gasteiger partial charge in [0.05, 0.1) is 11.0 Å². The third-order valence-corrected chi connectivity index (χ3v) is 12.2. The molecule has 0 radical (unpaired) electrons. The van der Waals surface area contributed by atoms with Gasteiger partial charge in [0, 0.05) is 65.8 Å². The van der Waals surface area contributed by atoms with Gasteiger partial charge < -0.3 is 13.4 Å². The Hall–Kier alpha value is -8.61. The first-order chi connectivity index (χ1) is 31.6. The second-order valence-corrected chi connectivity index (χ2v) is 15.9. The van der Waals surface area contributed by atoms with Gasteiger partial charge in [-0.2, -0.15) is 0 Å². The zero-order valence-corrected chi connectivity index (χ0v) is 34.9. The van der Waals surface area contributed by atoms with Crippen molar-refractivity contribution >= 4 is 71.3 Å². The number of para-hydroxylation sites is 5. The fourth-order valence-corrected chi connectivity index (χ4v) is 9.25. The van der Waals surface area contributed by atoms with Crippen molar-refractivity contribution < 1.29 is 8.83 Å². The maximum Gasteiger partial charge on any atom is 0.164 e. The van der Waals surface area contributed by atoms with Crippen LogP contribution in [0.4, 0.5) is 0 Å². The number of hydrogen-bond acceptors (Lipinski definition) is 5. The lowest BCUT2D eigenvalue weighted by atomic mass is 9.98. The number of benzene rings is 8. The van der Waals surface area contributed by atoms with Gasteiger partial charge in [-0.05, 0) is 54.5 Å². The average Bonchev–Trinajstić information content (AvgIpc) is 4.04. The molecule has 64 heavy (non-hydrogen) atoms. The van der Waals surface area contributed by atoms with Crippen LogP contribution in [0.3, 0.4) is 0 Å². The molecule has 0 N–H and O–H groups in total. The maximum atomic E-state index is 6.95. The predicted molar refractivity (Wildman–Crippen MR) is 263 cm³/mol. The van der Waals surface area contributed by atoms with Crippen molar-refractivity contribution in [3.8, 4) is 51.0 Å². The zero-order valence-electron chi connectivity index (χ0n) is 34.9. The highest BCUT2D eigenvalue weighted by Crippen LogP contribution is 2.44. The number of allylic oxidation sites excluding steroid dienone is 5. The smallest absolute Gasteiger partial charge is 0.164 e.